The molecule has 1 aliphatic rings. The van der Waals surface area contributed by atoms with Gasteiger partial charge >= 0.3 is 5.97 Å². The van der Waals surface area contributed by atoms with Gasteiger partial charge in [-0.15, -0.1) is 0 Å². The first-order chi connectivity index (χ1) is 29.3. The molecule has 5 rings (SSSR count). The number of pyridine rings is 1. The summed E-state index contributed by atoms with van der Waals surface area (Å²) in [5.74, 6) is 0.00123. The summed E-state index contributed by atoms with van der Waals surface area (Å²) in [6, 6.07) is 21.9. The average Bonchev–Trinajstić information content (AvgIpc) is 3.76. The number of likely N-dealkylation sites (tertiary alicyclic amines) is 1. The number of aryl methyl sites for hydroxylation is 1. The minimum absolute atomic E-state index is 0.0940. The zero-order valence-electron chi connectivity index (χ0n) is 34.1. The number of fused-ring (bicyclic) bond motifs is 1. The molecule has 0 bridgehead atoms. The van der Waals surface area contributed by atoms with Gasteiger partial charge in [-0.2, -0.15) is 0 Å². The van der Waals surface area contributed by atoms with Crippen molar-refractivity contribution in [2.75, 3.05) is 84.4 Å². The largest absolute Gasteiger partial charge is 0.491 e. The topological polar surface area (TPSA) is 207 Å². The average molecular weight is 826 g/mol. The van der Waals surface area contributed by atoms with Crippen LogP contribution in [0.15, 0.2) is 84.1 Å². The number of hydrogen-bond donors (Lipinski definition) is 3. The summed E-state index contributed by atoms with van der Waals surface area (Å²) in [6.45, 7) is 7.06. The SMILES string of the molecule is Cc1ccnc(NCCCC(=O)N2CCC[C@H]2C(=O)NC(CC(=O)O)c2ccc(-c3ccc(OCCOCCOCCOCCOCCN=[N+]=[N-])c4ccccc34)cc2)c1. The van der Waals surface area contributed by atoms with Gasteiger partial charge in [0.2, 0.25) is 11.8 Å². The van der Waals surface area contributed by atoms with E-state index in [1.165, 1.54) is 0 Å². The molecule has 1 aromatic heterocycles. The number of carboxylic acids is 1. The third-order valence-electron chi connectivity index (χ3n) is 9.87. The lowest BCUT2D eigenvalue weighted by Crippen LogP contribution is -2.47. The Bertz CT molecular complexity index is 2030. The predicted molar refractivity (Wildman–Crippen MR) is 227 cm³/mol. The van der Waals surface area contributed by atoms with Gasteiger partial charge in [0, 0.05) is 42.5 Å². The van der Waals surface area contributed by atoms with E-state index in [9.17, 15) is 19.5 Å². The number of ether oxygens (including phenoxy) is 5. The van der Waals surface area contributed by atoms with E-state index >= 15 is 0 Å². The van der Waals surface area contributed by atoms with Crippen molar-refractivity contribution in [3.8, 4) is 16.9 Å². The molecule has 16 nitrogen and oxygen atoms in total. The van der Waals surface area contributed by atoms with Crippen LogP contribution < -0.4 is 15.4 Å². The zero-order chi connectivity index (χ0) is 42.4. The Hall–Kier alpha value is -5.77. The van der Waals surface area contributed by atoms with E-state index in [0.29, 0.717) is 104 Å². The van der Waals surface area contributed by atoms with Gasteiger partial charge in [0.15, 0.2) is 0 Å². The second-order valence-corrected chi connectivity index (χ2v) is 14.2. The summed E-state index contributed by atoms with van der Waals surface area (Å²) in [4.78, 5) is 47.3. The third kappa shape index (κ3) is 14.5. The highest BCUT2D eigenvalue weighted by Gasteiger charge is 2.35. The van der Waals surface area contributed by atoms with Crippen molar-refractivity contribution in [3.63, 3.8) is 0 Å². The molecule has 320 valence electrons. The van der Waals surface area contributed by atoms with E-state index < -0.39 is 18.1 Å². The molecule has 2 heterocycles. The molecule has 0 spiro atoms. The summed E-state index contributed by atoms with van der Waals surface area (Å²) in [5.41, 5.74) is 11.9. The first kappa shape index (κ1) is 45.3. The number of nitrogens with one attached hydrogen (secondary N) is 2. The van der Waals surface area contributed by atoms with Gasteiger partial charge < -0.3 is 44.3 Å². The van der Waals surface area contributed by atoms with Crippen molar-refractivity contribution in [1.82, 2.24) is 15.2 Å². The first-order valence-corrected chi connectivity index (χ1v) is 20.4. The maximum absolute atomic E-state index is 13.6. The molecule has 1 unspecified atom stereocenters. The lowest BCUT2D eigenvalue weighted by atomic mass is 9.95. The van der Waals surface area contributed by atoms with E-state index in [2.05, 4.69) is 25.6 Å². The molecule has 0 saturated carbocycles. The molecule has 1 saturated heterocycles. The molecule has 3 aromatic carbocycles. The number of anilines is 1. The molecular weight excluding hydrogens is 771 g/mol. The minimum atomic E-state index is -1.04. The Morgan fingerprint density at radius 1 is 0.900 bits per heavy atom. The highest BCUT2D eigenvalue weighted by atomic mass is 16.6. The van der Waals surface area contributed by atoms with Crippen LogP contribution in [0.25, 0.3) is 32.3 Å². The number of hydrogen-bond acceptors (Lipinski definition) is 11. The van der Waals surface area contributed by atoms with E-state index in [4.69, 9.17) is 29.2 Å². The van der Waals surface area contributed by atoms with Crippen molar-refractivity contribution in [3.05, 3.63) is 101 Å². The molecule has 1 fully saturated rings. The number of azide groups is 1. The molecule has 2 amide bonds. The maximum Gasteiger partial charge on any atom is 0.305 e. The van der Waals surface area contributed by atoms with Crippen molar-refractivity contribution in [2.45, 2.75) is 51.1 Å². The number of amides is 2. The van der Waals surface area contributed by atoms with Gasteiger partial charge in [-0.25, -0.2) is 4.98 Å². The fourth-order valence-corrected chi connectivity index (χ4v) is 6.93. The molecule has 3 N–H and O–H groups in total. The number of carbonyl (C=O) groups excluding carboxylic acids is 2. The van der Waals surface area contributed by atoms with Crippen LogP contribution >= 0.6 is 0 Å². The van der Waals surface area contributed by atoms with Gasteiger partial charge in [0.25, 0.3) is 0 Å². The standard InChI is InChI=1S/C44H55N7O9/c1-32-16-18-47-41(30-32)46-17-4-9-42(52)51-20-5-8-39(51)44(55)49-38(31-43(53)54)34-12-10-33(11-13-34)35-14-15-40(37-7-3-2-6-36(35)37)60-29-28-59-27-26-58-25-24-57-23-22-56-21-19-48-50-45/h2-3,6-7,10-16,18,30,38-39H,4-5,8-9,17,19-29,31H2,1H3,(H,46,47)(H,49,55)(H,53,54)/t38?,39-/m0/s1. The smallest absolute Gasteiger partial charge is 0.305 e. The fourth-order valence-electron chi connectivity index (χ4n) is 6.93. The van der Waals surface area contributed by atoms with E-state index in [-0.39, 0.29) is 24.7 Å². The second kappa shape index (κ2) is 25.0. The molecule has 16 heteroatoms. The van der Waals surface area contributed by atoms with Crippen LogP contribution in [-0.4, -0.2) is 118 Å². The van der Waals surface area contributed by atoms with Gasteiger partial charge in [0.1, 0.15) is 24.2 Å². The van der Waals surface area contributed by atoms with E-state index in [1.807, 2.05) is 79.7 Å². The molecule has 2 atom stereocenters. The van der Waals surface area contributed by atoms with Crippen LogP contribution in [0.4, 0.5) is 5.82 Å². The summed E-state index contributed by atoms with van der Waals surface area (Å²) in [7, 11) is 0. The quantitative estimate of drug-likeness (QED) is 0.0257. The number of aromatic nitrogens is 1. The lowest BCUT2D eigenvalue weighted by Gasteiger charge is -2.26. The van der Waals surface area contributed by atoms with Gasteiger partial charge in [-0.3, -0.25) is 14.4 Å². The minimum Gasteiger partial charge on any atom is -0.491 e. The fraction of sp³-hybridized carbons (Fsp3) is 0.455. The zero-order valence-corrected chi connectivity index (χ0v) is 34.1. The van der Waals surface area contributed by atoms with Crippen LogP contribution in [0.1, 0.15) is 49.3 Å². The van der Waals surface area contributed by atoms with Crippen molar-refractivity contribution >= 4 is 34.4 Å². The van der Waals surface area contributed by atoms with Crippen LogP contribution in [0.3, 0.4) is 0 Å². The maximum atomic E-state index is 13.6. The second-order valence-electron chi connectivity index (χ2n) is 14.2. The van der Waals surface area contributed by atoms with Gasteiger partial charge in [-0.05, 0) is 77.6 Å². The highest BCUT2D eigenvalue weighted by Crippen LogP contribution is 2.35. The summed E-state index contributed by atoms with van der Waals surface area (Å²) in [6.07, 6.45) is 3.54. The number of carboxylic acid groups (broad SMARTS) is 1. The third-order valence-corrected chi connectivity index (χ3v) is 9.87. The number of aliphatic carboxylic acids is 1. The van der Waals surface area contributed by atoms with Gasteiger partial charge in [0.05, 0.1) is 65.3 Å². The van der Waals surface area contributed by atoms with Gasteiger partial charge in [-0.1, -0.05) is 59.7 Å². The molecule has 60 heavy (non-hydrogen) atoms. The van der Waals surface area contributed by atoms with Crippen LogP contribution in [0, 0.1) is 6.92 Å². The molecule has 4 aromatic rings. The Morgan fingerprint density at radius 3 is 2.27 bits per heavy atom. The predicted octanol–water partition coefficient (Wildman–Crippen LogP) is 6.48. The van der Waals surface area contributed by atoms with Crippen LogP contribution in [0.2, 0.25) is 0 Å². The molecule has 1 aliphatic heterocycles. The summed E-state index contributed by atoms with van der Waals surface area (Å²) >= 11 is 0. The first-order valence-electron chi connectivity index (χ1n) is 20.4. The monoisotopic (exact) mass is 825 g/mol. The number of benzene rings is 3. The number of carbonyl (C=O) groups is 3. The Kier molecular flexibility index (Phi) is 18.9. The van der Waals surface area contributed by atoms with E-state index in [1.54, 1.807) is 11.1 Å². The van der Waals surface area contributed by atoms with Crippen LogP contribution in [-0.2, 0) is 33.3 Å². The summed E-state index contributed by atoms with van der Waals surface area (Å²) < 4.78 is 28.0. The van der Waals surface area contributed by atoms with Crippen molar-refractivity contribution in [1.29, 1.82) is 0 Å². The molecule has 0 radical (unpaired) electrons. The van der Waals surface area contributed by atoms with Crippen molar-refractivity contribution < 1.29 is 43.2 Å². The highest BCUT2D eigenvalue weighted by molar-refractivity contribution is 6.00. The molecule has 0 aliphatic carbocycles. The lowest BCUT2D eigenvalue weighted by molar-refractivity contribution is -0.140. The number of rotatable bonds is 27. The summed E-state index contributed by atoms with van der Waals surface area (Å²) in [5, 5.41) is 21.3. The Morgan fingerprint density at radius 2 is 1.58 bits per heavy atom. The Labute approximate surface area is 350 Å². The van der Waals surface area contributed by atoms with Crippen LogP contribution in [0.5, 0.6) is 5.75 Å². The van der Waals surface area contributed by atoms with E-state index in [0.717, 1.165) is 39.0 Å². The Balaban J connectivity index is 1.08. The molecular formula is C44H55N7O9. The van der Waals surface area contributed by atoms with Crippen molar-refractivity contribution in [2.24, 2.45) is 5.11 Å². The normalized spacial score (nSPS) is 14.1. The number of nitrogens with zero attached hydrogens (tertiary/aromatic N) is 5.